The van der Waals surface area contributed by atoms with Crippen LogP contribution in [0, 0.1) is 6.92 Å². The lowest BCUT2D eigenvalue weighted by molar-refractivity contribution is 0.308. The predicted molar refractivity (Wildman–Crippen MR) is 71.3 cm³/mol. The second-order valence-electron chi connectivity index (χ2n) is 4.20. The fourth-order valence-electron chi connectivity index (χ4n) is 1.51. The van der Waals surface area contributed by atoms with Crippen molar-refractivity contribution in [2.75, 3.05) is 0 Å². The Kier molecular flexibility index (Phi) is 3.87. The molecule has 0 aliphatic heterocycles. The smallest absolute Gasteiger partial charge is 0.297 e. The number of benzene rings is 2. The molecule has 0 aromatic heterocycles. The Morgan fingerprint density at radius 3 is 2.16 bits per heavy atom. The minimum atomic E-state index is -3.75. The van der Waals surface area contributed by atoms with Gasteiger partial charge in [-0.3, -0.25) is 4.18 Å². The second kappa shape index (κ2) is 5.42. The zero-order valence-corrected chi connectivity index (χ0v) is 11.2. The van der Waals surface area contributed by atoms with E-state index in [0.29, 0.717) is 5.56 Å². The first-order chi connectivity index (χ1) is 8.97. The third kappa shape index (κ3) is 3.56. The molecule has 0 amide bonds. The number of hydrogen-bond donors (Lipinski definition) is 1. The average Bonchev–Trinajstić information content (AvgIpc) is 2.39. The van der Waals surface area contributed by atoms with Gasteiger partial charge in [-0.05, 0) is 36.8 Å². The Bertz CT molecular complexity index is 643. The number of rotatable bonds is 4. The molecule has 4 nitrogen and oxygen atoms in total. The van der Waals surface area contributed by atoms with Crippen molar-refractivity contribution >= 4 is 10.1 Å². The van der Waals surface area contributed by atoms with Crippen molar-refractivity contribution in [2.45, 2.75) is 18.4 Å². The van der Waals surface area contributed by atoms with Crippen LogP contribution in [0.25, 0.3) is 0 Å². The van der Waals surface area contributed by atoms with E-state index in [1.807, 2.05) is 6.92 Å². The van der Waals surface area contributed by atoms with E-state index in [4.69, 9.17) is 9.29 Å². The molecule has 0 fully saturated rings. The predicted octanol–water partition coefficient (Wildman–Crippen LogP) is 2.61. The molecule has 1 N–H and O–H groups in total. The number of aryl methyl sites for hydroxylation is 1. The van der Waals surface area contributed by atoms with Crippen LogP contribution in [0.15, 0.2) is 53.4 Å². The van der Waals surface area contributed by atoms with Gasteiger partial charge >= 0.3 is 0 Å². The van der Waals surface area contributed by atoms with Crippen molar-refractivity contribution < 1.29 is 17.7 Å². The highest BCUT2D eigenvalue weighted by atomic mass is 32.2. The van der Waals surface area contributed by atoms with Crippen LogP contribution >= 0.6 is 0 Å². The van der Waals surface area contributed by atoms with Gasteiger partial charge in [0.1, 0.15) is 5.75 Å². The summed E-state index contributed by atoms with van der Waals surface area (Å²) < 4.78 is 28.8. The molecule has 19 heavy (non-hydrogen) atoms. The third-order valence-corrected chi connectivity index (χ3v) is 3.90. The standard InChI is InChI=1S/C14H14O4S/c1-11-2-8-14(9-3-11)19(16,17)18-10-12-4-6-13(15)7-5-12/h2-9,15H,10H2,1H3. The molecule has 2 aromatic carbocycles. The highest BCUT2D eigenvalue weighted by Crippen LogP contribution is 2.16. The van der Waals surface area contributed by atoms with Gasteiger partial charge in [0.25, 0.3) is 10.1 Å². The van der Waals surface area contributed by atoms with E-state index in [0.717, 1.165) is 5.56 Å². The largest absolute Gasteiger partial charge is 0.508 e. The lowest BCUT2D eigenvalue weighted by Crippen LogP contribution is -2.06. The first kappa shape index (κ1) is 13.6. The molecule has 0 unspecified atom stereocenters. The van der Waals surface area contributed by atoms with Gasteiger partial charge in [0, 0.05) is 0 Å². The summed E-state index contributed by atoms with van der Waals surface area (Å²) in [6, 6.07) is 12.7. The van der Waals surface area contributed by atoms with Gasteiger partial charge in [-0.2, -0.15) is 8.42 Å². The maximum atomic E-state index is 11.9. The quantitative estimate of drug-likeness (QED) is 0.873. The number of phenols is 1. The summed E-state index contributed by atoms with van der Waals surface area (Å²) in [5.74, 6) is 0.130. The SMILES string of the molecule is Cc1ccc(S(=O)(=O)OCc2ccc(O)cc2)cc1. The van der Waals surface area contributed by atoms with E-state index in [9.17, 15) is 8.42 Å². The summed E-state index contributed by atoms with van der Waals surface area (Å²) in [7, 11) is -3.75. The molecule has 0 saturated carbocycles. The van der Waals surface area contributed by atoms with E-state index in [1.54, 1.807) is 24.3 Å². The maximum Gasteiger partial charge on any atom is 0.297 e. The van der Waals surface area contributed by atoms with Crippen molar-refractivity contribution in [3.8, 4) is 5.75 Å². The molecule has 5 heteroatoms. The first-order valence-corrected chi connectivity index (χ1v) is 7.12. The average molecular weight is 278 g/mol. The van der Waals surface area contributed by atoms with Crippen LogP contribution < -0.4 is 0 Å². The molecule has 0 aliphatic rings. The molecule has 2 rings (SSSR count). The monoisotopic (exact) mass is 278 g/mol. The zero-order chi connectivity index (χ0) is 13.9. The van der Waals surface area contributed by atoms with E-state index >= 15 is 0 Å². The van der Waals surface area contributed by atoms with Crippen molar-refractivity contribution in [1.29, 1.82) is 0 Å². The van der Waals surface area contributed by atoms with Gasteiger partial charge in [0.05, 0.1) is 11.5 Å². The van der Waals surface area contributed by atoms with Gasteiger partial charge in [-0.1, -0.05) is 29.8 Å². The molecule has 0 saturated heterocycles. The Labute approximate surface area is 112 Å². The highest BCUT2D eigenvalue weighted by Gasteiger charge is 2.14. The molecule has 0 atom stereocenters. The normalized spacial score (nSPS) is 11.4. The molecule has 2 aromatic rings. The van der Waals surface area contributed by atoms with Crippen LogP contribution in [0.1, 0.15) is 11.1 Å². The molecular formula is C14H14O4S. The summed E-state index contributed by atoms with van der Waals surface area (Å²) >= 11 is 0. The van der Waals surface area contributed by atoms with Crippen LogP contribution in [0.2, 0.25) is 0 Å². The Hall–Kier alpha value is -1.85. The van der Waals surface area contributed by atoms with Crippen LogP contribution in [0.4, 0.5) is 0 Å². The Morgan fingerprint density at radius 1 is 1.00 bits per heavy atom. The number of phenolic OH excluding ortho intramolecular Hbond substituents is 1. The highest BCUT2D eigenvalue weighted by molar-refractivity contribution is 7.86. The van der Waals surface area contributed by atoms with Crippen LogP contribution in [0.5, 0.6) is 5.75 Å². The fourth-order valence-corrected chi connectivity index (χ4v) is 2.41. The summed E-state index contributed by atoms with van der Waals surface area (Å²) in [5, 5.41) is 9.13. The first-order valence-electron chi connectivity index (χ1n) is 5.71. The lowest BCUT2D eigenvalue weighted by atomic mass is 10.2. The summed E-state index contributed by atoms with van der Waals surface area (Å²) in [5.41, 5.74) is 1.66. The van der Waals surface area contributed by atoms with Gasteiger partial charge in [0.2, 0.25) is 0 Å². The summed E-state index contributed by atoms with van der Waals surface area (Å²) in [4.78, 5) is 0.136. The van der Waals surface area contributed by atoms with E-state index < -0.39 is 10.1 Å². The van der Waals surface area contributed by atoms with Crippen molar-refractivity contribution in [3.63, 3.8) is 0 Å². The van der Waals surface area contributed by atoms with Crippen LogP contribution in [-0.4, -0.2) is 13.5 Å². The molecule has 0 radical (unpaired) electrons. The third-order valence-electron chi connectivity index (χ3n) is 2.63. The van der Waals surface area contributed by atoms with Gasteiger partial charge in [-0.25, -0.2) is 0 Å². The summed E-state index contributed by atoms with van der Waals surface area (Å²) in [6.45, 7) is 1.82. The molecule has 0 bridgehead atoms. The Morgan fingerprint density at radius 2 is 1.58 bits per heavy atom. The fraction of sp³-hybridized carbons (Fsp3) is 0.143. The number of hydrogen-bond acceptors (Lipinski definition) is 4. The number of aromatic hydroxyl groups is 1. The Balaban J connectivity index is 2.09. The van der Waals surface area contributed by atoms with Crippen LogP contribution in [0.3, 0.4) is 0 Å². The van der Waals surface area contributed by atoms with Gasteiger partial charge in [0.15, 0.2) is 0 Å². The minimum absolute atomic E-state index is 0.0590. The van der Waals surface area contributed by atoms with Crippen molar-refractivity contribution in [3.05, 3.63) is 59.7 Å². The zero-order valence-electron chi connectivity index (χ0n) is 10.4. The van der Waals surface area contributed by atoms with Gasteiger partial charge < -0.3 is 5.11 Å². The van der Waals surface area contributed by atoms with E-state index in [2.05, 4.69) is 0 Å². The van der Waals surface area contributed by atoms with E-state index in [1.165, 1.54) is 24.3 Å². The minimum Gasteiger partial charge on any atom is -0.508 e. The second-order valence-corrected chi connectivity index (χ2v) is 5.81. The summed E-state index contributed by atoms with van der Waals surface area (Å²) in [6.07, 6.45) is 0. The van der Waals surface area contributed by atoms with E-state index in [-0.39, 0.29) is 17.3 Å². The van der Waals surface area contributed by atoms with Crippen LogP contribution in [-0.2, 0) is 20.9 Å². The molecule has 100 valence electrons. The van der Waals surface area contributed by atoms with Crippen molar-refractivity contribution in [2.24, 2.45) is 0 Å². The maximum absolute atomic E-state index is 11.9. The lowest BCUT2D eigenvalue weighted by Gasteiger charge is -2.06. The molecule has 0 aliphatic carbocycles. The molecule has 0 spiro atoms. The van der Waals surface area contributed by atoms with Crippen molar-refractivity contribution in [1.82, 2.24) is 0 Å². The topological polar surface area (TPSA) is 63.6 Å². The molecule has 0 heterocycles. The van der Waals surface area contributed by atoms with Gasteiger partial charge in [-0.15, -0.1) is 0 Å². The molecular weight excluding hydrogens is 264 g/mol.